The first-order valence-electron chi connectivity index (χ1n) is 9.97. The number of aromatic nitrogens is 7. The number of sulfone groups is 1. The zero-order valence-electron chi connectivity index (χ0n) is 17.6. The fraction of sp³-hybridized carbons (Fsp3) is 0.0909. The van der Waals surface area contributed by atoms with Gasteiger partial charge in [-0.2, -0.15) is 10.2 Å². The quantitative estimate of drug-likeness (QED) is 0.397. The Labute approximate surface area is 192 Å². The molecule has 0 saturated heterocycles. The fourth-order valence-corrected chi connectivity index (χ4v) is 5.82. The minimum Gasteiger partial charge on any atom is -0.352 e. The van der Waals surface area contributed by atoms with Gasteiger partial charge in [0, 0.05) is 52.5 Å². The predicted octanol–water partition coefficient (Wildman–Crippen LogP) is 4.03. The molecule has 0 unspecified atom stereocenters. The molecule has 164 valence electrons. The Kier molecular flexibility index (Phi) is 4.26. The normalized spacial score (nSPS) is 12.2. The number of H-pyrrole nitrogens is 2. The van der Waals surface area contributed by atoms with E-state index in [1.807, 2.05) is 31.4 Å². The van der Waals surface area contributed by atoms with Crippen LogP contribution >= 0.6 is 11.3 Å². The van der Waals surface area contributed by atoms with E-state index in [4.69, 9.17) is 0 Å². The molecule has 0 amide bonds. The molecule has 0 aliphatic carbocycles. The van der Waals surface area contributed by atoms with E-state index < -0.39 is 9.84 Å². The molecule has 0 aliphatic rings. The number of aryl methyl sites for hydroxylation is 1. The Morgan fingerprint density at radius 3 is 2.67 bits per heavy atom. The number of hydrogen-bond donors (Lipinski definition) is 2. The number of rotatable bonds is 4. The first-order valence-corrected chi connectivity index (χ1v) is 12.7. The van der Waals surface area contributed by atoms with Crippen molar-refractivity contribution in [2.24, 2.45) is 7.05 Å². The monoisotopic (exact) mass is 475 g/mol. The number of aromatic amines is 2. The summed E-state index contributed by atoms with van der Waals surface area (Å²) in [6.45, 7) is 0. The van der Waals surface area contributed by atoms with Crippen LogP contribution in [0.1, 0.15) is 0 Å². The lowest BCUT2D eigenvalue weighted by Gasteiger charge is -1.98. The van der Waals surface area contributed by atoms with Crippen molar-refractivity contribution in [1.29, 1.82) is 0 Å². The van der Waals surface area contributed by atoms with Crippen molar-refractivity contribution in [2.45, 2.75) is 4.21 Å². The van der Waals surface area contributed by atoms with Crippen LogP contribution in [0.3, 0.4) is 0 Å². The van der Waals surface area contributed by atoms with E-state index >= 15 is 0 Å². The summed E-state index contributed by atoms with van der Waals surface area (Å²) in [5.41, 5.74) is 5.86. The van der Waals surface area contributed by atoms with E-state index in [2.05, 4.69) is 30.2 Å². The van der Waals surface area contributed by atoms with E-state index in [-0.39, 0.29) is 0 Å². The summed E-state index contributed by atoms with van der Waals surface area (Å²) in [6.07, 6.45) is 10.2. The molecule has 0 saturated carbocycles. The van der Waals surface area contributed by atoms with Gasteiger partial charge >= 0.3 is 0 Å². The molecule has 0 radical (unpaired) electrons. The smallest absolute Gasteiger partial charge is 0.184 e. The minimum atomic E-state index is -3.26. The molecule has 0 bridgehead atoms. The van der Waals surface area contributed by atoms with Crippen molar-refractivity contribution in [3.63, 3.8) is 0 Å². The molecule has 6 aromatic rings. The molecule has 0 spiro atoms. The lowest BCUT2D eigenvalue weighted by Crippen LogP contribution is -1.91. The van der Waals surface area contributed by atoms with E-state index in [9.17, 15) is 8.42 Å². The number of thiophene rings is 1. The van der Waals surface area contributed by atoms with Crippen molar-refractivity contribution >= 4 is 43.0 Å². The Morgan fingerprint density at radius 1 is 1.03 bits per heavy atom. The Hall–Kier alpha value is -3.83. The van der Waals surface area contributed by atoms with Crippen LogP contribution in [0.25, 0.3) is 54.9 Å². The number of fused-ring (bicyclic) bond motifs is 2. The molecule has 6 rings (SSSR count). The average Bonchev–Trinajstić information content (AvgIpc) is 3.56. The highest BCUT2D eigenvalue weighted by atomic mass is 32.2. The van der Waals surface area contributed by atoms with Gasteiger partial charge in [0.25, 0.3) is 0 Å². The maximum absolute atomic E-state index is 11.9. The lowest BCUT2D eigenvalue weighted by atomic mass is 10.1. The largest absolute Gasteiger partial charge is 0.352 e. The van der Waals surface area contributed by atoms with Gasteiger partial charge in [-0.15, -0.1) is 11.3 Å². The van der Waals surface area contributed by atoms with Gasteiger partial charge in [0.1, 0.15) is 9.90 Å². The second kappa shape index (κ2) is 7.09. The molecule has 6 heterocycles. The summed E-state index contributed by atoms with van der Waals surface area (Å²) in [5.74, 6) is 0. The average molecular weight is 476 g/mol. The summed E-state index contributed by atoms with van der Waals surface area (Å²) < 4.78 is 25.9. The van der Waals surface area contributed by atoms with Gasteiger partial charge in [0.2, 0.25) is 0 Å². The van der Waals surface area contributed by atoms with E-state index in [1.165, 1.54) is 17.6 Å². The van der Waals surface area contributed by atoms with Gasteiger partial charge in [-0.05, 0) is 24.3 Å². The van der Waals surface area contributed by atoms with Gasteiger partial charge in [0.15, 0.2) is 9.84 Å². The van der Waals surface area contributed by atoms with Crippen LogP contribution in [0.2, 0.25) is 0 Å². The SMILES string of the molecule is Cn1cc(-c2cc3c(-c4cc5c(-c6ccc(S(C)(=O)=O)s6)cncc5[nH]4)n[nH]c3cn2)cn1. The number of nitrogens with one attached hydrogen (secondary N) is 2. The molecule has 6 aromatic heterocycles. The highest BCUT2D eigenvalue weighted by Gasteiger charge is 2.17. The second-order valence-corrected chi connectivity index (χ2v) is 11.1. The van der Waals surface area contributed by atoms with E-state index in [0.29, 0.717) is 4.21 Å². The van der Waals surface area contributed by atoms with Crippen LogP contribution in [-0.4, -0.2) is 49.6 Å². The molecule has 2 N–H and O–H groups in total. The summed E-state index contributed by atoms with van der Waals surface area (Å²) in [6, 6.07) is 7.47. The Balaban J connectivity index is 1.49. The summed E-state index contributed by atoms with van der Waals surface area (Å²) >= 11 is 1.24. The van der Waals surface area contributed by atoms with Crippen molar-refractivity contribution < 1.29 is 8.42 Å². The highest BCUT2D eigenvalue weighted by Crippen LogP contribution is 2.37. The van der Waals surface area contributed by atoms with Crippen molar-refractivity contribution in [3.8, 4) is 33.1 Å². The third-order valence-electron chi connectivity index (χ3n) is 5.46. The number of pyridine rings is 2. The van der Waals surface area contributed by atoms with Gasteiger partial charge in [-0.3, -0.25) is 19.7 Å². The van der Waals surface area contributed by atoms with Crippen molar-refractivity contribution in [1.82, 2.24) is 34.9 Å². The molecule has 11 heteroatoms. The van der Waals surface area contributed by atoms with Gasteiger partial charge < -0.3 is 4.98 Å². The highest BCUT2D eigenvalue weighted by molar-refractivity contribution is 7.92. The van der Waals surface area contributed by atoms with E-state index in [0.717, 1.165) is 54.9 Å². The van der Waals surface area contributed by atoms with Gasteiger partial charge in [0.05, 0.1) is 41.0 Å². The minimum absolute atomic E-state index is 0.332. The molecule has 0 fully saturated rings. The molecule has 0 aliphatic heterocycles. The number of nitrogens with zero attached hydrogens (tertiary/aromatic N) is 5. The molecular formula is C22H17N7O2S2. The first-order chi connectivity index (χ1) is 15.9. The topological polar surface area (TPSA) is 122 Å². The van der Waals surface area contributed by atoms with E-state index in [1.54, 1.807) is 35.5 Å². The predicted molar refractivity (Wildman–Crippen MR) is 128 cm³/mol. The fourth-order valence-electron chi connectivity index (χ4n) is 3.87. The summed E-state index contributed by atoms with van der Waals surface area (Å²) in [5, 5.41) is 13.7. The van der Waals surface area contributed by atoms with Crippen LogP contribution < -0.4 is 0 Å². The van der Waals surface area contributed by atoms with Crippen LogP contribution in [-0.2, 0) is 16.9 Å². The summed E-state index contributed by atoms with van der Waals surface area (Å²) in [4.78, 5) is 13.1. The molecule has 33 heavy (non-hydrogen) atoms. The molecule has 0 atom stereocenters. The second-order valence-electron chi connectivity index (χ2n) is 7.81. The maximum Gasteiger partial charge on any atom is 0.184 e. The standard InChI is InChI=1S/C22H17N7O2S2/c1-29-11-12(7-25-29)16-6-14-19(10-24-16)27-28-22(14)17-5-13-15(8-23-9-18(13)26-17)20-3-4-21(32-20)33(2,30)31/h3-11,26H,1-2H3,(H,27,28). The lowest BCUT2D eigenvalue weighted by molar-refractivity contribution is 0.604. The molecule has 9 nitrogen and oxygen atoms in total. The Morgan fingerprint density at radius 2 is 1.91 bits per heavy atom. The number of hydrogen-bond acceptors (Lipinski definition) is 7. The first kappa shape index (κ1) is 19.8. The van der Waals surface area contributed by atoms with Gasteiger partial charge in [-0.1, -0.05) is 0 Å². The third-order valence-corrected chi connectivity index (χ3v) is 8.40. The maximum atomic E-state index is 11.9. The zero-order chi connectivity index (χ0) is 22.7. The van der Waals surface area contributed by atoms with Crippen LogP contribution in [0.5, 0.6) is 0 Å². The summed E-state index contributed by atoms with van der Waals surface area (Å²) in [7, 11) is -1.39. The van der Waals surface area contributed by atoms with Crippen LogP contribution in [0.15, 0.2) is 59.5 Å². The van der Waals surface area contributed by atoms with Crippen molar-refractivity contribution in [2.75, 3.05) is 6.26 Å². The Bertz CT molecular complexity index is 1770. The zero-order valence-corrected chi connectivity index (χ0v) is 19.2. The van der Waals surface area contributed by atoms with Crippen LogP contribution in [0.4, 0.5) is 0 Å². The van der Waals surface area contributed by atoms with Crippen LogP contribution in [0, 0.1) is 0 Å². The third kappa shape index (κ3) is 3.33. The van der Waals surface area contributed by atoms with Gasteiger partial charge in [-0.25, -0.2) is 8.42 Å². The molecular weight excluding hydrogens is 458 g/mol. The van der Waals surface area contributed by atoms with Crippen molar-refractivity contribution in [3.05, 3.63) is 55.2 Å². The molecule has 0 aromatic carbocycles.